The third-order valence-electron chi connectivity index (χ3n) is 2.45. The monoisotopic (exact) mass is 260 g/mol. The van der Waals surface area contributed by atoms with Crippen LogP contribution in [0.2, 0.25) is 0 Å². The van der Waals surface area contributed by atoms with Gasteiger partial charge in [-0.3, -0.25) is 19.9 Å². The number of hydrogen-bond acceptors (Lipinski definition) is 5. The molecule has 1 rings (SSSR count). The quantitative estimate of drug-likeness (QED) is 0.412. The number of allylic oxidation sites excluding steroid dienone is 1. The van der Waals surface area contributed by atoms with Gasteiger partial charge in [-0.05, 0) is 13.3 Å². The number of nitrogens with two attached hydrogens (primary N) is 1. The van der Waals surface area contributed by atoms with Crippen LogP contribution in [0.5, 0.6) is 0 Å². The minimum Gasteiger partial charge on any atom is -0.352 e. The average Bonchev–Trinajstić information content (AvgIpc) is 2.60. The lowest BCUT2D eigenvalue weighted by Crippen LogP contribution is -2.41. The van der Waals surface area contributed by atoms with Crippen molar-refractivity contribution in [2.75, 3.05) is 26.2 Å². The Morgan fingerprint density at radius 1 is 1.72 bits per heavy atom. The Bertz CT molecular complexity index is 342. The molecule has 4 N–H and O–H groups in total. The first-order valence-corrected chi connectivity index (χ1v) is 5.85. The van der Waals surface area contributed by atoms with Crippen molar-refractivity contribution in [1.82, 2.24) is 15.7 Å². The Morgan fingerprint density at radius 2 is 2.44 bits per heavy atom. The van der Waals surface area contributed by atoms with E-state index in [4.69, 9.17) is 10.6 Å². The van der Waals surface area contributed by atoms with E-state index in [2.05, 4.69) is 17.4 Å². The Labute approximate surface area is 109 Å². The maximum absolute atomic E-state index is 11.5. The van der Waals surface area contributed by atoms with Gasteiger partial charge in [0.25, 0.3) is 0 Å². The third-order valence-corrected chi connectivity index (χ3v) is 2.45. The third kappa shape index (κ3) is 4.72. The van der Waals surface area contributed by atoms with E-state index in [1.165, 1.54) is 4.90 Å². The van der Waals surface area contributed by atoms with Crippen LogP contribution in [0.4, 0.5) is 0 Å². The predicted molar refractivity (Wildman–Crippen MR) is 70.3 cm³/mol. The Hall–Kier alpha value is -1.60. The second-order valence-electron chi connectivity index (χ2n) is 4.24. The van der Waals surface area contributed by atoms with Gasteiger partial charge >= 0.3 is 0 Å². The molecule has 1 saturated heterocycles. The molecule has 0 aromatic heterocycles. The van der Waals surface area contributed by atoms with Gasteiger partial charge in [0.15, 0.2) is 0 Å². The van der Waals surface area contributed by atoms with Crippen LogP contribution in [0, 0.1) is 0 Å². The standard InChI is InChI=1S/C11H20N4O3.2H2/c1-8(2)14-18-6-4-13-10(16)7-15-5-3-9(12)11(15)17;;/h9,14H,1,3-7,12H2,2H3,(H,13,16);2*1H/t9-;;/m0../s1. The highest BCUT2D eigenvalue weighted by molar-refractivity contribution is 5.88. The summed E-state index contributed by atoms with van der Waals surface area (Å²) in [4.78, 5) is 29.4. The van der Waals surface area contributed by atoms with Gasteiger partial charge in [-0.1, -0.05) is 6.58 Å². The highest BCUT2D eigenvalue weighted by atomic mass is 16.6. The second kappa shape index (κ2) is 6.97. The SMILES string of the molecule is C=C(C)NOCCNC(=O)CN1CC[C@H](N)C1=O.[HH].[HH]. The molecule has 0 saturated carbocycles. The summed E-state index contributed by atoms with van der Waals surface area (Å²) in [5, 5.41) is 2.65. The molecular weight excluding hydrogens is 236 g/mol. The second-order valence-corrected chi connectivity index (χ2v) is 4.24. The molecule has 0 radical (unpaired) electrons. The van der Waals surface area contributed by atoms with Crippen molar-refractivity contribution < 1.29 is 17.3 Å². The van der Waals surface area contributed by atoms with Crippen LogP contribution < -0.4 is 16.5 Å². The van der Waals surface area contributed by atoms with Crippen molar-refractivity contribution >= 4 is 11.8 Å². The first-order chi connectivity index (χ1) is 8.50. The molecule has 0 aromatic carbocycles. The number of amides is 2. The van der Waals surface area contributed by atoms with Gasteiger partial charge in [0.05, 0.1) is 19.2 Å². The number of nitrogens with zero attached hydrogens (tertiary/aromatic N) is 1. The van der Waals surface area contributed by atoms with Crippen LogP contribution in [0.25, 0.3) is 0 Å². The minimum absolute atomic E-state index is 0. The number of nitrogens with one attached hydrogen (secondary N) is 2. The molecule has 1 aliphatic rings. The van der Waals surface area contributed by atoms with Gasteiger partial charge in [-0.15, -0.1) is 0 Å². The van der Waals surface area contributed by atoms with Gasteiger partial charge in [-0.25, -0.2) is 0 Å². The van der Waals surface area contributed by atoms with Crippen LogP contribution in [-0.2, 0) is 14.4 Å². The molecule has 0 aromatic rings. The van der Waals surface area contributed by atoms with Gasteiger partial charge in [0, 0.05) is 21.6 Å². The molecule has 18 heavy (non-hydrogen) atoms. The van der Waals surface area contributed by atoms with Crippen molar-refractivity contribution in [2.24, 2.45) is 5.73 Å². The zero-order valence-electron chi connectivity index (χ0n) is 10.6. The molecule has 0 spiro atoms. The molecular formula is C11H24N4O3. The molecule has 0 bridgehead atoms. The maximum Gasteiger partial charge on any atom is 0.240 e. The fourth-order valence-corrected chi connectivity index (χ4v) is 1.57. The first-order valence-electron chi connectivity index (χ1n) is 5.85. The van der Waals surface area contributed by atoms with E-state index in [-0.39, 0.29) is 21.2 Å². The molecule has 7 heteroatoms. The van der Waals surface area contributed by atoms with Gasteiger partial charge in [0.1, 0.15) is 0 Å². The molecule has 0 aliphatic carbocycles. The van der Waals surface area contributed by atoms with E-state index in [1.807, 2.05) is 0 Å². The Kier molecular flexibility index (Phi) is 5.60. The molecule has 1 aliphatic heterocycles. The lowest BCUT2D eigenvalue weighted by Gasteiger charge is -2.15. The molecule has 7 nitrogen and oxygen atoms in total. The lowest BCUT2D eigenvalue weighted by molar-refractivity contribution is -0.133. The topological polar surface area (TPSA) is 96.7 Å². The zero-order valence-corrected chi connectivity index (χ0v) is 10.6. The summed E-state index contributed by atoms with van der Waals surface area (Å²) in [7, 11) is 0. The number of carbonyl (C=O) groups is 2. The average molecular weight is 260 g/mol. The highest BCUT2D eigenvalue weighted by Crippen LogP contribution is 2.07. The number of likely N-dealkylation sites (tertiary alicyclic amines) is 1. The van der Waals surface area contributed by atoms with Crippen molar-refractivity contribution in [2.45, 2.75) is 19.4 Å². The predicted octanol–water partition coefficient (Wildman–Crippen LogP) is -0.791. The molecule has 1 heterocycles. The van der Waals surface area contributed by atoms with E-state index in [0.29, 0.717) is 31.8 Å². The number of carbonyl (C=O) groups excluding carboxylic acids is 2. The van der Waals surface area contributed by atoms with Crippen molar-refractivity contribution in [3.05, 3.63) is 12.3 Å². The molecule has 2 amide bonds. The van der Waals surface area contributed by atoms with E-state index >= 15 is 0 Å². The van der Waals surface area contributed by atoms with Crippen LogP contribution in [-0.4, -0.2) is 49.0 Å². The van der Waals surface area contributed by atoms with E-state index in [0.717, 1.165) is 0 Å². The van der Waals surface area contributed by atoms with Crippen LogP contribution in [0.15, 0.2) is 12.3 Å². The first kappa shape index (κ1) is 14.5. The Balaban J connectivity index is 0. The van der Waals surface area contributed by atoms with Crippen molar-refractivity contribution in [3.8, 4) is 0 Å². The summed E-state index contributed by atoms with van der Waals surface area (Å²) in [5.74, 6) is -0.373. The fraction of sp³-hybridized carbons (Fsp3) is 0.636. The van der Waals surface area contributed by atoms with E-state index < -0.39 is 6.04 Å². The number of hydrogen-bond donors (Lipinski definition) is 3. The fourth-order valence-electron chi connectivity index (χ4n) is 1.57. The van der Waals surface area contributed by atoms with Crippen LogP contribution in [0.3, 0.4) is 0 Å². The molecule has 1 atom stereocenters. The summed E-state index contributed by atoms with van der Waals surface area (Å²) < 4.78 is 0. The smallest absolute Gasteiger partial charge is 0.240 e. The number of rotatable bonds is 7. The zero-order chi connectivity index (χ0) is 13.5. The lowest BCUT2D eigenvalue weighted by atomic mass is 10.3. The van der Waals surface area contributed by atoms with E-state index in [1.54, 1.807) is 6.92 Å². The maximum atomic E-state index is 11.5. The summed E-state index contributed by atoms with van der Waals surface area (Å²) in [6, 6.07) is -0.458. The highest BCUT2D eigenvalue weighted by Gasteiger charge is 2.29. The van der Waals surface area contributed by atoms with Gasteiger partial charge in [0.2, 0.25) is 11.8 Å². The summed E-state index contributed by atoms with van der Waals surface area (Å²) in [6.07, 6.45) is 0.609. The van der Waals surface area contributed by atoms with Crippen LogP contribution >= 0.6 is 0 Å². The minimum atomic E-state index is -0.458. The molecule has 106 valence electrons. The largest absolute Gasteiger partial charge is 0.352 e. The Morgan fingerprint density at radius 3 is 3.00 bits per heavy atom. The summed E-state index contributed by atoms with van der Waals surface area (Å²) in [6.45, 7) is 6.65. The van der Waals surface area contributed by atoms with Crippen molar-refractivity contribution in [3.63, 3.8) is 0 Å². The van der Waals surface area contributed by atoms with Crippen molar-refractivity contribution in [1.29, 1.82) is 0 Å². The van der Waals surface area contributed by atoms with Gasteiger partial charge < -0.3 is 16.0 Å². The summed E-state index contributed by atoms with van der Waals surface area (Å²) >= 11 is 0. The van der Waals surface area contributed by atoms with Gasteiger partial charge in [-0.2, -0.15) is 0 Å². The summed E-state index contributed by atoms with van der Waals surface area (Å²) in [5.41, 5.74) is 8.82. The van der Waals surface area contributed by atoms with E-state index in [9.17, 15) is 9.59 Å². The van der Waals surface area contributed by atoms with Crippen LogP contribution in [0.1, 0.15) is 16.2 Å². The number of hydroxylamine groups is 1. The normalized spacial score (nSPS) is 18.9. The molecule has 0 unspecified atom stereocenters. The molecule has 1 fully saturated rings.